The Hall–Kier alpha value is -1.02. The van der Waals surface area contributed by atoms with E-state index in [1.54, 1.807) is 0 Å². The highest BCUT2D eigenvalue weighted by molar-refractivity contribution is 5.56. The van der Waals surface area contributed by atoms with Gasteiger partial charge in [-0.3, -0.25) is 0 Å². The second kappa shape index (κ2) is 3.38. The zero-order valence-corrected chi connectivity index (χ0v) is 8.22. The largest absolute Gasteiger partial charge is 0.383 e. The van der Waals surface area contributed by atoms with Gasteiger partial charge in [-0.05, 0) is 37.6 Å². The first-order valence-electron chi connectivity index (χ1n) is 4.81. The van der Waals surface area contributed by atoms with Gasteiger partial charge in [-0.1, -0.05) is 12.1 Å². The molecule has 2 heteroatoms. The Morgan fingerprint density at radius 3 is 3.08 bits per heavy atom. The summed E-state index contributed by atoms with van der Waals surface area (Å²) in [4.78, 5) is 0. The van der Waals surface area contributed by atoms with Crippen LogP contribution in [-0.4, -0.2) is 19.6 Å². The standard InChI is InChI=1S/C11H16N2/c1-8-4-3-5-11-10(8)6-9(12-2)7-13-11/h3-5,9,12-13H,6-7H2,1-2H3. The van der Waals surface area contributed by atoms with Gasteiger partial charge in [0, 0.05) is 18.3 Å². The molecule has 1 unspecified atom stereocenters. The minimum absolute atomic E-state index is 0.577. The predicted molar refractivity (Wildman–Crippen MR) is 56.2 cm³/mol. The lowest BCUT2D eigenvalue weighted by Gasteiger charge is -2.27. The number of nitrogens with one attached hydrogen (secondary N) is 2. The molecule has 0 aliphatic carbocycles. The van der Waals surface area contributed by atoms with Crippen molar-refractivity contribution in [2.24, 2.45) is 0 Å². The average molecular weight is 176 g/mol. The van der Waals surface area contributed by atoms with Gasteiger partial charge in [0.15, 0.2) is 0 Å². The monoisotopic (exact) mass is 176 g/mol. The van der Waals surface area contributed by atoms with E-state index in [9.17, 15) is 0 Å². The van der Waals surface area contributed by atoms with E-state index in [1.165, 1.54) is 16.8 Å². The highest BCUT2D eigenvalue weighted by atomic mass is 15.0. The Morgan fingerprint density at radius 2 is 2.31 bits per heavy atom. The Morgan fingerprint density at radius 1 is 1.46 bits per heavy atom. The van der Waals surface area contributed by atoms with E-state index in [4.69, 9.17) is 0 Å². The third-order valence-corrected chi connectivity index (χ3v) is 2.81. The molecule has 1 aromatic rings. The van der Waals surface area contributed by atoms with Crippen LogP contribution < -0.4 is 10.6 Å². The van der Waals surface area contributed by atoms with Crippen LogP contribution in [0.25, 0.3) is 0 Å². The number of fused-ring (bicyclic) bond motifs is 1. The summed E-state index contributed by atoms with van der Waals surface area (Å²) in [7, 11) is 2.02. The van der Waals surface area contributed by atoms with Crippen LogP contribution in [-0.2, 0) is 6.42 Å². The molecule has 0 saturated heterocycles. The number of rotatable bonds is 1. The maximum Gasteiger partial charge on any atom is 0.0376 e. The van der Waals surface area contributed by atoms with Gasteiger partial charge in [-0.15, -0.1) is 0 Å². The van der Waals surface area contributed by atoms with Crippen LogP contribution in [0.5, 0.6) is 0 Å². The third-order valence-electron chi connectivity index (χ3n) is 2.81. The summed E-state index contributed by atoms with van der Waals surface area (Å²) >= 11 is 0. The van der Waals surface area contributed by atoms with Crippen LogP contribution in [0.1, 0.15) is 11.1 Å². The molecule has 2 nitrogen and oxygen atoms in total. The van der Waals surface area contributed by atoms with Crippen LogP contribution in [0.15, 0.2) is 18.2 Å². The summed E-state index contributed by atoms with van der Waals surface area (Å²) in [5.74, 6) is 0. The Kier molecular flexibility index (Phi) is 2.23. The molecular formula is C11H16N2. The van der Waals surface area contributed by atoms with Gasteiger partial charge >= 0.3 is 0 Å². The van der Waals surface area contributed by atoms with Crippen molar-refractivity contribution in [1.82, 2.24) is 5.32 Å². The summed E-state index contributed by atoms with van der Waals surface area (Å²) in [6.45, 7) is 3.21. The first-order valence-corrected chi connectivity index (χ1v) is 4.81. The number of likely N-dealkylation sites (N-methyl/N-ethyl adjacent to an activating group) is 1. The molecule has 1 aromatic carbocycles. The van der Waals surface area contributed by atoms with Crippen molar-refractivity contribution in [2.45, 2.75) is 19.4 Å². The van der Waals surface area contributed by atoms with E-state index in [0.29, 0.717) is 6.04 Å². The Balaban J connectivity index is 2.32. The van der Waals surface area contributed by atoms with Crippen molar-refractivity contribution in [3.05, 3.63) is 29.3 Å². The lowest BCUT2D eigenvalue weighted by molar-refractivity contribution is 0.569. The van der Waals surface area contributed by atoms with Crippen molar-refractivity contribution >= 4 is 5.69 Å². The van der Waals surface area contributed by atoms with E-state index in [2.05, 4.69) is 35.8 Å². The fraction of sp³-hybridized carbons (Fsp3) is 0.455. The first kappa shape index (κ1) is 8.57. The Labute approximate surface area is 79.4 Å². The van der Waals surface area contributed by atoms with E-state index >= 15 is 0 Å². The first-order chi connectivity index (χ1) is 6.31. The molecule has 13 heavy (non-hydrogen) atoms. The minimum Gasteiger partial charge on any atom is -0.383 e. The number of hydrogen-bond donors (Lipinski definition) is 2. The van der Waals surface area contributed by atoms with Gasteiger partial charge < -0.3 is 10.6 Å². The molecular weight excluding hydrogens is 160 g/mol. The molecule has 1 heterocycles. The van der Waals surface area contributed by atoms with Crippen molar-refractivity contribution in [3.63, 3.8) is 0 Å². The second-order valence-electron chi connectivity index (χ2n) is 3.67. The summed E-state index contributed by atoms with van der Waals surface area (Å²) in [5.41, 5.74) is 4.17. The van der Waals surface area contributed by atoms with Crippen molar-refractivity contribution < 1.29 is 0 Å². The van der Waals surface area contributed by atoms with Gasteiger partial charge in [0.05, 0.1) is 0 Å². The van der Waals surface area contributed by atoms with Crippen LogP contribution in [0.2, 0.25) is 0 Å². The molecule has 2 rings (SSSR count). The quantitative estimate of drug-likeness (QED) is 0.678. The maximum atomic E-state index is 3.44. The minimum atomic E-state index is 0.577. The fourth-order valence-corrected chi connectivity index (χ4v) is 1.89. The average Bonchev–Trinajstić information content (AvgIpc) is 2.18. The van der Waals surface area contributed by atoms with Crippen molar-refractivity contribution in [3.8, 4) is 0 Å². The molecule has 0 radical (unpaired) electrons. The normalized spacial score (nSPS) is 20.6. The molecule has 0 amide bonds. The van der Waals surface area contributed by atoms with E-state index in [-0.39, 0.29) is 0 Å². The van der Waals surface area contributed by atoms with E-state index < -0.39 is 0 Å². The highest BCUT2D eigenvalue weighted by Crippen LogP contribution is 2.24. The number of benzene rings is 1. The van der Waals surface area contributed by atoms with Gasteiger partial charge in [0.2, 0.25) is 0 Å². The summed E-state index contributed by atoms with van der Waals surface area (Å²) in [5, 5.41) is 6.75. The lowest BCUT2D eigenvalue weighted by atomic mass is 9.96. The number of hydrogen-bond acceptors (Lipinski definition) is 2. The van der Waals surface area contributed by atoms with Crippen LogP contribution in [0, 0.1) is 6.92 Å². The van der Waals surface area contributed by atoms with E-state index in [0.717, 1.165) is 13.0 Å². The summed E-state index contributed by atoms with van der Waals surface area (Å²) < 4.78 is 0. The molecule has 0 spiro atoms. The van der Waals surface area contributed by atoms with Crippen molar-refractivity contribution in [1.29, 1.82) is 0 Å². The topological polar surface area (TPSA) is 24.1 Å². The van der Waals surface area contributed by atoms with Crippen LogP contribution in [0.4, 0.5) is 5.69 Å². The van der Waals surface area contributed by atoms with Gasteiger partial charge in [-0.2, -0.15) is 0 Å². The number of aryl methyl sites for hydroxylation is 1. The molecule has 0 aromatic heterocycles. The zero-order valence-electron chi connectivity index (χ0n) is 8.22. The molecule has 0 bridgehead atoms. The summed E-state index contributed by atoms with van der Waals surface area (Å²) in [6.07, 6.45) is 1.14. The fourth-order valence-electron chi connectivity index (χ4n) is 1.89. The molecule has 70 valence electrons. The second-order valence-corrected chi connectivity index (χ2v) is 3.67. The van der Waals surface area contributed by atoms with Crippen molar-refractivity contribution in [2.75, 3.05) is 18.9 Å². The summed E-state index contributed by atoms with van der Waals surface area (Å²) in [6, 6.07) is 7.03. The SMILES string of the molecule is CNC1CNc2cccc(C)c2C1. The zero-order chi connectivity index (χ0) is 9.26. The lowest BCUT2D eigenvalue weighted by Crippen LogP contribution is -2.38. The smallest absolute Gasteiger partial charge is 0.0376 e. The molecule has 0 fully saturated rings. The molecule has 2 N–H and O–H groups in total. The number of anilines is 1. The highest BCUT2D eigenvalue weighted by Gasteiger charge is 2.17. The maximum absolute atomic E-state index is 3.44. The molecule has 1 atom stereocenters. The van der Waals surface area contributed by atoms with Gasteiger partial charge in [0.25, 0.3) is 0 Å². The molecule has 1 aliphatic rings. The van der Waals surface area contributed by atoms with Gasteiger partial charge in [0.1, 0.15) is 0 Å². The molecule has 0 saturated carbocycles. The molecule has 1 aliphatic heterocycles. The van der Waals surface area contributed by atoms with Gasteiger partial charge in [-0.25, -0.2) is 0 Å². The predicted octanol–water partition coefficient (Wildman–Crippen LogP) is 1.55. The Bertz CT molecular complexity index is 307. The van der Waals surface area contributed by atoms with Crippen LogP contribution in [0.3, 0.4) is 0 Å². The van der Waals surface area contributed by atoms with E-state index in [1.807, 2.05) is 7.05 Å². The third kappa shape index (κ3) is 1.54. The van der Waals surface area contributed by atoms with Crippen LogP contribution >= 0.6 is 0 Å².